The molecule has 0 fully saturated rings. The number of anilines is 1. The number of nitrogens with zero attached hydrogens (tertiary/aromatic N) is 4. The van der Waals surface area contributed by atoms with Crippen molar-refractivity contribution in [3.63, 3.8) is 0 Å². The zero-order valence-corrected chi connectivity index (χ0v) is 26.4. The highest BCUT2D eigenvalue weighted by atomic mass is 32.1. The van der Waals surface area contributed by atoms with Crippen molar-refractivity contribution in [1.29, 1.82) is 5.26 Å². The Labute approximate surface area is 266 Å². The zero-order valence-electron chi connectivity index (χ0n) is 25.6. The van der Waals surface area contributed by atoms with Gasteiger partial charge in [-0.1, -0.05) is 48.0 Å². The van der Waals surface area contributed by atoms with Crippen molar-refractivity contribution in [1.82, 2.24) is 19.8 Å². The fraction of sp³-hybridized carbons (Fsp3) is 0.294. The Kier molecular flexibility index (Phi) is 10.3. The summed E-state index contributed by atoms with van der Waals surface area (Å²) in [6.07, 6.45) is -1.22. The molecule has 0 bridgehead atoms. The van der Waals surface area contributed by atoms with E-state index in [0.29, 0.717) is 17.8 Å². The summed E-state index contributed by atoms with van der Waals surface area (Å²) < 4.78 is 43.5. The molecule has 0 saturated carbocycles. The average Bonchev–Trinajstić information content (AvgIpc) is 3.39. The number of hydrogen-bond acceptors (Lipinski definition) is 4. The molecule has 234 valence electrons. The van der Waals surface area contributed by atoms with Crippen LogP contribution in [-0.2, 0) is 30.5 Å². The van der Waals surface area contributed by atoms with Crippen molar-refractivity contribution in [3.8, 4) is 6.07 Å². The molecule has 2 N–H and O–H groups in total. The van der Waals surface area contributed by atoms with Crippen LogP contribution >= 0.6 is 12.2 Å². The van der Waals surface area contributed by atoms with Gasteiger partial charge in [0.1, 0.15) is 0 Å². The highest BCUT2D eigenvalue weighted by Gasteiger charge is 2.34. The molecule has 0 radical (unpaired) electrons. The molecule has 1 heterocycles. The number of alkyl halides is 3. The molecule has 4 aromatic rings. The van der Waals surface area contributed by atoms with Gasteiger partial charge in [-0.2, -0.15) is 18.4 Å². The summed E-state index contributed by atoms with van der Waals surface area (Å²) in [5.41, 5.74) is 3.42. The van der Waals surface area contributed by atoms with Crippen molar-refractivity contribution < 1.29 is 18.0 Å². The molecule has 7 nitrogen and oxygen atoms in total. The summed E-state index contributed by atoms with van der Waals surface area (Å²) in [4.78, 5) is 19.1. The van der Waals surface area contributed by atoms with Gasteiger partial charge in [0.25, 0.3) is 0 Å². The highest BCUT2D eigenvalue weighted by molar-refractivity contribution is 7.80. The number of imidazole rings is 1. The number of thiocarbonyl (C=S) groups is 1. The van der Waals surface area contributed by atoms with Gasteiger partial charge in [0.15, 0.2) is 5.11 Å². The molecule has 0 aliphatic rings. The Morgan fingerprint density at radius 1 is 1.07 bits per heavy atom. The number of nitrogens with one attached hydrogen (secondary N) is 2. The standard InChI is InChI=1S/C34H35F3N6OS/c1-23-9-14-30(24(2)15-23)40-32(45)42(20-27-7-5-6-8-29(27)34(35,36)37)21-33(3,4)41-31(44)16-28-18-39-22-43(28)19-26-12-10-25(17-38)11-13-26/h5-15,18,22H,16,19-21H2,1-4H3,(H,40,45)(H,41,44). The molecule has 0 unspecified atom stereocenters. The van der Waals surface area contributed by atoms with Crippen LogP contribution in [0.4, 0.5) is 18.9 Å². The fourth-order valence-corrected chi connectivity index (χ4v) is 5.35. The maximum absolute atomic E-state index is 13.9. The van der Waals surface area contributed by atoms with E-state index in [1.807, 2.05) is 48.7 Å². The van der Waals surface area contributed by atoms with Crippen LogP contribution in [0.3, 0.4) is 0 Å². The lowest BCUT2D eigenvalue weighted by Crippen LogP contribution is -2.53. The lowest BCUT2D eigenvalue weighted by atomic mass is 10.0. The molecule has 11 heteroatoms. The topological polar surface area (TPSA) is 86.0 Å². The summed E-state index contributed by atoms with van der Waals surface area (Å²) in [6.45, 7) is 8.00. The highest BCUT2D eigenvalue weighted by Crippen LogP contribution is 2.33. The number of nitriles is 1. The van der Waals surface area contributed by atoms with E-state index in [-0.39, 0.29) is 36.1 Å². The lowest BCUT2D eigenvalue weighted by Gasteiger charge is -2.36. The van der Waals surface area contributed by atoms with Gasteiger partial charge in [0.05, 0.1) is 35.5 Å². The summed E-state index contributed by atoms with van der Waals surface area (Å²) >= 11 is 5.75. The second kappa shape index (κ2) is 13.9. The van der Waals surface area contributed by atoms with E-state index in [1.54, 1.807) is 49.5 Å². The third-order valence-electron chi connectivity index (χ3n) is 7.23. The van der Waals surface area contributed by atoms with E-state index in [1.165, 1.54) is 12.1 Å². The van der Waals surface area contributed by atoms with Crippen LogP contribution in [0.5, 0.6) is 0 Å². The lowest BCUT2D eigenvalue weighted by molar-refractivity contribution is -0.138. The number of halogens is 3. The Bertz CT molecular complexity index is 1710. The molecule has 0 aliphatic heterocycles. The van der Waals surface area contributed by atoms with Gasteiger partial charge in [-0.3, -0.25) is 4.79 Å². The minimum atomic E-state index is -4.53. The predicted octanol–water partition coefficient (Wildman–Crippen LogP) is 6.78. The number of aromatic nitrogens is 2. The molecule has 1 amide bonds. The number of aryl methyl sites for hydroxylation is 2. The third kappa shape index (κ3) is 9.16. The van der Waals surface area contributed by atoms with Gasteiger partial charge in [0, 0.05) is 37.2 Å². The van der Waals surface area contributed by atoms with Crippen LogP contribution in [-0.4, -0.2) is 37.6 Å². The molecule has 0 atom stereocenters. The Morgan fingerprint density at radius 3 is 2.44 bits per heavy atom. The second-order valence-corrected chi connectivity index (χ2v) is 12.1. The Hall–Kier alpha value is -4.69. The number of carbonyl (C=O) groups is 1. The zero-order chi connectivity index (χ0) is 32.8. The van der Waals surface area contributed by atoms with E-state index in [9.17, 15) is 18.0 Å². The van der Waals surface area contributed by atoms with Gasteiger partial charge in [0.2, 0.25) is 5.91 Å². The second-order valence-electron chi connectivity index (χ2n) is 11.7. The maximum Gasteiger partial charge on any atom is 0.416 e. The summed E-state index contributed by atoms with van der Waals surface area (Å²) in [7, 11) is 0. The first kappa shape index (κ1) is 33.2. The van der Waals surface area contributed by atoms with Crippen LogP contribution < -0.4 is 10.6 Å². The number of hydrogen-bond donors (Lipinski definition) is 2. The van der Waals surface area contributed by atoms with Crippen molar-refractivity contribution >= 4 is 28.9 Å². The fourth-order valence-electron chi connectivity index (χ4n) is 5.11. The minimum absolute atomic E-state index is 0.0435. The van der Waals surface area contributed by atoms with E-state index < -0.39 is 17.3 Å². The Balaban J connectivity index is 1.51. The molecule has 1 aromatic heterocycles. The van der Waals surface area contributed by atoms with E-state index in [4.69, 9.17) is 17.5 Å². The number of carbonyl (C=O) groups excluding carboxylic acids is 1. The first-order valence-corrected chi connectivity index (χ1v) is 14.7. The molecule has 0 saturated heterocycles. The van der Waals surface area contributed by atoms with Gasteiger partial charge in [-0.05, 0) is 80.9 Å². The van der Waals surface area contributed by atoms with Crippen LogP contribution in [0.25, 0.3) is 0 Å². The molecular weight excluding hydrogens is 597 g/mol. The maximum atomic E-state index is 13.9. The smallest absolute Gasteiger partial charge is 0.349 e. The molecule has 0 aliphatic carbocycles. The predicted molar refractivity (Wildman–Crippen MR) is 172 cm³/mol. The first-order valence-electron chi connectivity index (χ1n) is 14.3. The van der Waals surface area contributed by atoms with Crippen molar-refractivity contribution in [2.24, 2.45) is 0 Å². The van der Waals surface area contributed by atoms with Gasteiger partial charge >= 0.3 is 6.18 Å². The largest absolute Gasteiger partial charge is 0.416 e. The molecular formula is C34H35F3N6OS. The minimum Gasteiger partial charge on any atom is -0.349 e. The summed E-state index contributed by atoms with van der Waals surface area (Å²) in [5.74, 6) is -0.273. The number of rotatable bonds is 10. The van der Waals surface area contributed by atoms with Crippen LogP contribution in [0.2, 0.25) is 0 Å². The summed E-state index contributed by atoms with van der Waals surface area (Å²) in [6, 6.07) is 20.5. The first-order chi connectivity index (χ1) is 21.2. The van der Waals surface area contributed by atoms with Crippen LogP contribution in [0, 0.1) is 25.2 Å². The Morgan fingerprint density at radius 2 is 1.78 bits per heavy atom. The van der Waals surface area contributed by atoms with Crippen LogP contribution in [0.15, 0.2) is 79.3 Å². The molecule has 45 heavy (non-hydrogen) atoms. The van der Waals surface area contributed by atoms with Crippen molar-refractivity contribution in [2.45, 2.75) is 58.9 Å². The van der Waals surface area contributed by atoms with Gasteiger partial charge in [-0.15, -0.1) is 0 Å². The number of benzene rings is 3. The third-order valence-corrected chi connectivity index (χ3v) is 7.60. The normalized spacial score (nSPS) is 11.5. The van der Waals surface area contributed by atoms with Crippen molar-refractivity contribution in [3.05, 3.63) is 118 Å². The summed E-state index contributed by atoms with van der Waals surface area (Å²) in [5, 5.41) is 15.5. The quantitative estimate of drug-likeness (QED) is 0.188. The molecule has 0 spiro atoms. The molecule has 4 rings (SSSR count). The average molecular weight is 633 g/mol. The van der Waals surface area contributed by atoms with Crippen LogP contribution in [0.1, 0.15) is 52.9 Å². The van der Waals surface area contributed by atoms with Gasteiger partial charge < -0.3 is 20.1 Å². The SMILES string of the molecule is Cc1ccc(NC(=S)N(Cc2ccccc2C(F)(F)F)CC(C)(C)NC(=O)Cc2cncn2Cc2ccc(C#N)cc2)c(C)c1. The van der Waals surface area contributed by atoms with E-state index >= 15 is 0 Å². The van der Waals surface area contributed by atoms with E-state index in [0.717, 1.165) is 28.4 Å². The number of amides is 1. The van der Waals surface area contributed by atoms with Gasteiger partial charge in [-0.25, -0.2) is 4.98 Å². The van der Waals surface area contributed by atoms with Crippen molar-refractivity contribution in [2.75, 3.05) is 11.9 Å². The van der Waals surface area contributed by atoms with E-state index in [2.05, 4.69) is 21.7 Å². The molecule has 3 aromatic carbocycles. The monoisotopic (exact) mass is 632 g/mol.